The van der Waals surface area contributed by atoms with Crippen LogP contribution in [0.2, 0.25) is 0 Å². The van der Waals surface area contributed by atoms with E-state index in [0.29, 0.717) is 6.04 Å². The van der Waals surface area contributed by atoms with Crippen molar-refractivity contribution in [3.63, 3.8) is 0 Å². The molecule has 90 valence electrons. The van der Waals surface area contributed by atoms with Crippen molar-refractivity contribution in [2.24, 2.45) is 0 Å². The summed E-state index contributed by atoms with van der Waals surface area (Å²) in [5.41, 5.74) is 1.31. The van der Waals surface area contributed by atoms with Crippen LogP contribution in [0.15, 0.2) is 29.2 Å². The van der Waals surface area contributed by atoms with Gasteiger partial charge in [-0.25, -0.2) is 0 Å². The quantitative estimate of drug-likeness (QED) is 0.718. The monoisotopic (exact) mass is 239 g/mol. The van der Waals surface area contributed by atoms with Crippen LogP contribution in [0, 0.1) is 0 Å². The molecule has 0 radical (unpaired) electrons. The SMILES string of the molecule is CSc1ccc(CNC(C)CCCO)cc1. The van der Waals surface area contributed by atoms with Gasteiger partial charge in [-0.3, -0.25) is 0 Å². The maximum absolute atomic E-state index is 8.73. The Morgan fingerprint density at radius 3 is 2.56 bits per heavy atom. The average molecular weight is 239 g/mol. The molecule has 3 heteroatoms. The molecule has 1 atom stereocenters. The van der Waals surface area contributed by atoms with Gasteiger partial charge in [-0.15, -0.1) is 11.8 Å². The van der Waals surface area contributed by atoms with Crippen LogP contribution in [-0.2, 0) is 6.54 Å². The Hall–Kier alpha value is -0.510. The molecular formula is C13H21NOS. The standard InChI is InChI=1S/C13H21NOS/c1-11(4-3-9-15)14-10-12-5-7-13(16-2)8-6-12/h5-8,11,14-15H,3-4,9-10H2,1-2H3. The van der Waals surface area contributed by atoms with Gasteiger partial charge in [-0.2, -0.15) is 0 Å². The van der Waals surface area contributed by atoms with E-state index in [1.165, 1.54) is 10.5 Å². The highest BCUT2D eigenvalue weighted by atomic mass is 32.2. The van der Waals surface area contributed by atoms with Gasteiger partial charge >= 0.3 is 0 Å². The zero-order chi connectivity index (χ0) is 11.8. The van der Waals surface area contributed by atoms with E-state index in [4.69, 9.17) is 5.11 Å². The number of hydrogen-bond donors (Lipinski definition) is 2. The Balaban J connectivity index is 2.30. The molecule has 0 saturated carbocycles. The van der Waals surface area contributed by atoms with Crippen molar-refractivity contribution in [1.29, 1.82) is 0 Å². The van der Waals surface area contributed by atoms with E-state index in [2.05, 4.69) is 42.8 Å². The summed E-state index contributed by atoms with van der Waals surface area (Å²) in [5.74, 6) is 0. The minimum atomic E-state index is 0.286. The third-order valence-corrected chi connectivity index (χ3v) is 3.35. The number of hydrogen-bond acceptors (Lipinski definition) is 3. The lowest BCUT2D eigenvalue weighted by Crippen LogP contribution is -2.25. The predicted molar refractivity (Wildman–Crippen MR) is 70.8 cm³/mol. The van der Waals surface area contributed by atoms with E-state index in [1.54, 1.807) is 11.8 Å². The van der Waals surface area contributed by atoms with Gasteiger partial charge in [0.25, 0.3) is 0 Å². The van der Waals surface area contributed by atoms with Crippen molar-refractivity contribution in [1.82, 2.24) is 5.32 Å². The van der Waals surface area contributed by atoms with Gasteiger partial charge in [-0.1, -0.05) is 12.1 Å². The van der Waals surface area contributed by atoms with Gasteiger partial charge in [0.05, 0.1) is 0 Å². The molecule has 0 bridgehead atoms. The van der Waals surface area contributed by atoms with E-state index in [-0.39, 0.29) is 6.61 Å². The van der Waals surface area contributed by atoms with Crippen molar-refractivity contribution in [2.75, 3.05) is 12.9 Å². The minimum absolute atomic E-state index is 0.286. The summed E-state index contributed by atoms with van der Waals surface area (Å²) in [4.78, 5) is 1.30. The lowest BCUT2D eigenvalue weighted by molar-refractivity contribution is 0.276. The van der Waals surface area contributed by atoms with Crippen LogP contribution < -0.4 is 5.32 Å². The number of rotatable bonds is 7. The molecular weight excluding hydrogens is 218 g/mol. The molecule has 1 unspecified atom stereocenters. The number of nitrogens with one attached hydrogen (secondary N) is 1. The second-order valence-electron chi connectivity index (χ2n) is 4.00. The van der Waals surface area contributed by atoms with Crippen LogP contribution in [0.4, 0.5) is 0 Å². The van der Waals surface area contributed by atoms with Gasteiger partial charge in [0.2, 0.25) is 0 Å². The van der Waals surface area contributed by atoms with Crippen LogP contribution in [0.25, 0.3) is 0 Å². The topological polar surface area (TPSA) is 32.3 Å². The molecule has 0 saturated heterocycles. The van der Waals surface area contributed by atoms with Gasteiger partial charge < -0.3 is 10.4 Å². The van der Waals surface area contributed by atoms with E-state index in [9.17, 15) is 0 Å². The molecule has 0 aliphatic heterocycles. The normalized spacial score (nSPS) is 12.7. The van der Waals surface area contributed by atoms with Crippen molar-refractivity contribution in [2.45, 2.75) is 37.2 Å². The van der Waals surface area contributed by atoms with Crippen LogP contribution >= 0.6 is 11.8 Å². The first-order chi connectivity index (χ1) is 7.76. The molecule has 0 fully saturated rings. The summed E-state index contributed by atoms with van der Waals surface area (Å²) in [6, 6.07) is 9.10. The van der Waals surface area contributed by atoms with Crippen molar-refractivity contribution < 1.29 is 5.11 Å². The number of thioether (sulfide) groups is 1. The smallest absolute Gasteiger partial charge is 0.0431 e. The van der Waals surface area contributed by atoms with E-state index in [0.717, 1.165) is 19.4 Å². The molecule has 2 N–H and O–H groups in total. The fourth-order valence-corrected chi connectivity index (χ4v) is 1.94. The van der Waals surface area contributed by atoms with Crippen LogP contribution in [0.3, 0.4) is 0 Å². The number of aliphatic hydroxyl groups excluding tert-OH is 1. The largest absolute Gasteiger partial charge is 0.396 e. The fourth-order valence-electron chi connectivity index (χ4n) is 1.54. The molecule has 0 spiro atoms. The Morgan fingerprint density at radius 2 is 2.00 bits per heavy atom. The van der Waals surface area contributed by atoms with Crippen molar-refractivity contribution in [3.8, 4) is 0 Å². The summed E-state index contributed by atoms with van der Waals surface area (Å²) in [6.45, 7) is 3.35. The molecule has 1 rings (SSSR count). The first-order valence-electron chi connectivity index (χ1n) is 5.73. The van der Waals surface area contributed by atoms with E-state index >= 15 is 0 Å². The first-order valence-corrected chi connectivity index (χ1v) is 6.96. The van der Waals surface area contributed by atoms with Crippen LogP contribution in [0.5, 0.6) is 0 Å². The fraction of sp³-hybridized carbons (Fsp3) is 0.538. The molecule has 1 aromatic carbocycles. The first kappa shape index (κ1) is 13.6. The minimum Gasteiger partial charge on any atom is -0.396 e. The van der Waals surface area contributed by atoms with E-state index < -0.39 is 0 Å². The van der Waals surface area contributed by atoms with Crippen molar-refractivity contribution >= 4 is 11.8 Å². The van der Waals surface area contributed by atoms with Crippen molar-refractivity contribution in [3.05, 3.63) is 29.8 Å². The molecule has 0 heterocycles. The highest BCUT2D eigenvalue weighted by molar-refractivity contribution is 7.98. The highest BCUT2D eigenvalue weighted by Crippen LogP contribution is 2.14. The van der Waals surface area contributed by atoms with Gasteiger partial charge in [0.1, 0.15) is 0 Å². The third-order valence-electron chi connectivity index (χ3n) is 2.61. The number of aliphatic hydroxyl groups is 1. The highest BCUT2D eigenvalue weighted by Gasteiger charge is 2.00. The lowest BCUT2D eigenvalue weighted by atomic mass is 10.1. The predicted octanol–water partition coefficient (Wildman–Crippen LogP) is 2.66. The second-order valence-corrected chi connectivity index (χ2v) is 4.88. The summed E-state index contributed by atoms with van der Waals surface area (Å²) in [7, 11) is 0. The Morgan fingerprint density at radius 1 is 1.31 bits per heavy atom. The molecule has 0 aliphatic rings. The van der Waals surface area contributed by atoms with Gasteiger partial charge in [0.15, 0.2) is 0 Å². The molecule has 16 heavy (non-hydrogen) atoms. The summed E-state index contributed by atoms with van der Waals surface area (Å²) >= 11 is 1.76. The maximum atomic E-state index is 8.73. The maximum Gasteiger partial charge on any atom is 0.0431 e. The zero-order valence-electron chi connectivity index (χ0n) is 10.1. The molecule has 0 aromatic heterocycles. The van der Waals surface area contributed by atoms with E-state index in [1.807, 2.05) is 0 Å². The summed E-state index contributed by atoms with van der Waals surface area (Å²) < 4.78 is 0. The number of benzene rings is 1. The molecule has 2 nitrogen and oxygen atoms in total. The second kappa shape index (κ2) is 7.71. The zero-order valence-corrected chi connectivity index (χ0v) is 10.9. The Bertz CT molecular complexity index is 286. The summed E-state index contributed by atoms with van der Waals surface area (Å²) in [5, 5.41) is 12.2. The summed E-state index contributed by atoms with van der Waals surface area (Å²) in [6.07, 6.45) is 3.99. The lowest BCUT2D eigenvalue weighted by Gasteiger charge is -2.13. The Kier molecular flexibility index (Phi) is 6.53. The van der Waals surface area contributed by atoms with Crippen LogP contribution in [-0.4, -0.2) is 24.0 Å². The molecule has 0 amide bonds. The average Bonchev–Trinajstić information content (AvgIpc) is 2.34. The molecule has 1 aromatic rings. The Labute approximate surface area is 102 Å². The van der Waals surface area contributed by atoms with Crippen LogP contribution in [0.1, 0.15) is 25.3 Å². The molecule has 0 aliphatic carbocycles. The third kappa shape index (κ3) is 5.01. The van der Waals surface area contributed by atoms with Gasteiger partial charge in [0, 0.05) is 24.1 Å². The van der Waals surface area contributed by atoms with Gasteiger partial charge in [-0.05, 0) is 43.7 Å².